The van der Waals surface area contributed by atoms with Gasteiger partial charge < -0.3 is 15.0 Å². The smallest absolute Gasteiger partial charge is 0.247 e. The molecule has 1 aliphatic heterocycles. The van der Waals surface area contributed by atoms with Crippen LogP contribution < -0.4 is 5.32 Å². The van der Waals surface area contributed by atoms with Crippen LogP contribution in [0, 0.1) is 0 Å². The second kappa shape index (κ2) is 11.4. The molecule has 5 nitrogen and oxygen atoms in total. The number of rotatable bonds is 9. The summed E-state index contributed by atoms with van der Waals surface area (Å²) in [6.45, 7) is 1.53. The van der Waals surface area contributed by atoms with E-state index in [0.29, 0.717) is 13.1 Å². The molecule has 3 aromatic rings. The lowest BCUT2D eigenvalue weighted by atomic mass is 10.0. The van der Waals surface area contributed by atoms with Crippen LogP contribution in [0.4, 0.5) is 0 Å². The monoisotopic (exact) mass is 442 g/mol. The fourth-order valence-electron chi connectivity index (χ4n) is 4.20. The molecule has 1 aliphatic rings. The summed E-state index contributed by atoms with van der Waals surface area (Å²) in [6, 6.07) is 28.3. The Kier molecular flexibility index (Phi) is 7.88. The summed E-state index contributed by atoms with van der Waals surface area (Å²) in [7, 11) is 0. The second-order valence-corrected chi connectivity index (χ2v) is 8.36. The van der Waals surface area contributed by atoms with Crippen molar-refractivity contribution in [2.75, 3.05) is 13.2 Å². The predicted octanol–water partition coefficient (Wildman–Crippen LogP) is 4.29. The Balaban J connectivity index is 1.63. The maximum Gasteiger partial charge on any atom is 0.247 e. The first kappa shape index (κ1) is 22.7. The number of hydrogen-bond donors (Lipinski definition) is 1. The van der Waals surface area contributed by atoms with E-state index in [-0.39, 0.29) is 24.3 Å². The van der Waals surface area contributed by atoms with Crippen LogP contribution in [0.2, 0.25) is 0 Å². The van der Waals surface area contributed by atoms with Gasteiger partial charge in [0.2, 0.25) is 11.8 Å². The molecule has 0 radical (unpaired) electrons. The largest absolute Gasteiger partial charge is 0.376 e. The second-order valence-electron chi connectivity index (χ2n) is 8.36. The number of carbonyl (C=O) groups excluding carboxylic acids is 2. The van der Waals surface area contributed by atoms with Crippen LogP contribution in [-0.2, 0) is 27.3 Å². The van der Waals surface area contributed by atoms with Gasteiger partial charge in [-0.1, -0.05) is 91.0 Å². The first-order valence-corrected chi connectivity index (χ1v) is 11.5. The van der Waals surface area contributed by atoms with E-state index in [4.69, 9.17) is 4.74 Å². The lowest BCUT2D eigenvalue weighted by Gasteiger charge is -2.32. The highest BCUT2D eigenvalue weighted by Crippen LogP contribution is 2.25. The highest BCUT2D eigenvalue weighted by atomic mass is 16.5. The van der Waals surface area contributed by atoms with Gasteiger partial charge in [0, 0.05) is 19.7 Å². The highest BCUT2D eigenvalue weighted by molar-refractivity contribution is 5.89. The van der Waals surface area contributed by atoms with Crippen LogP contribution in [0.15, 0.2) is 91.0 Å². The zero-order valence-corrected chi connectivity index (χ0v) is 18.7. The van der Waals surface area contributed by atoms with E-state index in [1.807, 2.05) is 91.0 Å². The fraction of sp³-hybridized carbons (Fsp3) is 0.286. The molecule has 2 amide bonds. The van der Waals surface area contributed by atoms with Crippen LogP contribution in [-0.4, -0.2) is 36.0 Å². The lowest BCUT2D eigenvalue weighted by Crippen LogP contribution is -2.45. The van der Waals surface area contributed by atoms with Crippen LogP contribution in [0.3, 0.4) is 0 Å². The zero-order chi connectivity index (χ0) is 22.9. The summed E-state index contributed by atoms with van der Waals surface area (Å²) < 4.78 is 5.68. The summed E-state index contributed by atoms with van der Waals surface area (Å²) in [4.78, 5) is 28.8. The third-order valence-corrected chi connectivity index (χ3v) is 5.92. The van der Waals surface area contributed by atoms with E-state index in [1.165, 1.54) is 0 Å². The van der Waals surface area contributed by atoms with Crippen molar-refractivity contribution < 1.29 is 14.3 Å². The third kappa shape index (κ3) is 6.30. The first-order chi connectivity index (χ1) is 16.2. The number of amides is 2. The average molecular weight is 443 g/mol. The maximum absolute atomic E-state index is 13.6. The van der Waals surface area contributed by atoms with Gasteiger partial charge in [-0.05, 0) is 29.5 Å². The molecule has 33 heavy (non-hydrogen) atoms. The molecular formula is C28H30N2O3. The van der Waals surface area contributed by atoms with Crippen LogP contribution in [0.5, 0.6) is 0 Å². The minimum atomic E-state index is -0.732. The third-order valence-electron chi connectivity index (χ3n) is 5.92. The van der Waals surface area contributed by atoms with Gasteiger partial charge in [0.15, 0.2) is 0 Å². The molecule has 5 heteroatoms. The summed E-state index contributed by atoms with van der Waals surface area (Å²) in [5, 5.41) is 3.05. The SMILES string of the molecule is O=C(NCC1CCCO1)C(c1ccccc1)N(Cc1ccccc1)C(=O)Cc1ccccc1. The molecule has 0 saturated carbocycles. The molecule has 1 N–H and O–H groups in total. The molecule has 0 aromatic heterocycles. The van der Waals surface area contributed by atoms with Crippen molar-refractivity contribution in [3.05, 3.63) is 108 Å². The van der Waals surface area contributed by atoms with Gasteiger partial charge >= 0.3 is 0 Å². The quantitative estimate of drug-likeness (QED) is 0.538. The summed E-state index contributed by atoms with van der Waals surface area (Å²) in [5.74, 6) is -0.278. The van der Waals surface area contributed by atoms with E-state index in [2.05, 4.69) is 5.32 Å². The standard InChI is InChI=1S/C28H30N2O3/c31-26(19-22-11-4-1-5-12-22)30(21-23-13-6-2-7-14-23)27(24-15-8-3-9-16-24)28(32)29-20-25-17-10-18-33-25/h1-9,11-16,25,27H,10,17-21H2,(H,29,32). The molecule has 0 aliphatic carbocycles. The van der Waals surface area contributed by atoms with Crippen molar-refractivity contribution >= 4 is 11.8 Å². The van der Waals surface area contributed by atoms with Gasteiger partial charge in [-0.2, -0.15) is 0 Å². The Morgan fingerprint density at radius 3 is 2.09 bits per heavy atom. The average Bonchev–Trinajstić information content (AvgIpc) is 3.38. The van der Waals surface area contributed by atoms with Gasteiger partial charge in [0.1, 0.15) is 6.04 Å². The number of carbonyl (C=O) groups is 2. The topological polar surface area (TPSA) is 58.6 Å². The van der Waals surface area contributed by atoms with E-state index in [9.17, 15) is 9.59 Å². The van der Waals surface area contributed by atoms with Crippen molar-refractivity contribution in [2.45, 2.75) is 38.0 Å². The number of nitrogens with zero attached hydrogens (tertiary/aromatic N) is 1. The van der Waals surface area contributed by atoms with Crippen LogP contribution >= 0.6 is 0 Å². The normalized spacial score (nSPS) is 16.2. The lowest BCUT2D eigenvalue weighted by molar-refractivity contribution is -0.141. The molecule has 1 heterocycles. The molecule has 3 aromatic carbocycles. The Morgan fingerprint density at radius 2 is 1.48 bits per heavy atom. The Labute approximate surface area is 195 Å². The number of ether oxygens (including phenoxy) is 1. The van der Waals surface area contributed by atoms with E-state index >= 15 is 0 Å². The van der Waals surface area contributed by atoms with Gasteiger partial charge in [-0.15, -0.1) is 0 Å². The van der Waals surface area contributed by atoms with E-state index in [0.717, 1.165) is 36.1 Å². The van der Waals surface area contributed by atoms with Gasteiger partial charge in [0.25, 0.3) is 0 Å². The van der Waals surface area contributed by atoms with Crippen LogP contribution in [0.1, 0.15) is 35.6 Å². The zero-order valence-electron chi connectivity index (χ0n) is 18.7. The molecular weight excluding hydrogens is 412 g/mol. The Morgan fingerprint density at radius 1 is 0.879 bits per heavy atom. The predicted molar refractivity (Wildman–Crippen MR) is 128 cm³/mol. The van der Waals surface area contributed by atoms with Gasteiger partial charge in [0.05, 0.1) is 12.5 Å². The van der Waals surface area contributed by atoms with Crippen molar-refractivity contribution in [1.82, 2.24) is 10.2 Å². The van der Waals surface area contributed by atoms with Crippen molar-refractivity contribution in [3.63, 3.8) is 0 Å². The van der Waals surface area contributed by atoms with E-state index in [1.54, 1.807) is 4.90 Å². The Bertz CT molecular complexity index is 1020. The Hall–Kier alpha value is -3.44. The molecule has 1 fully saturated rings. The fourth-order valence-corrected chi connectivity index (χ4v) is 4.20. The van der Waals surface area contributed by atoms with Gasteiger partial charge in [-0.3, -0.25) is 9.59 Å². The molecule has 1 saturated heterocycles. The minimum absolute atomic E-state index is 0.0352. The number of nitrogens with one attached hydrogen (secondary N) is 1. The summed E-state index contributed by atoms with van der Waals surface area (Å²) >= 11 is 0. The minimum Gasteiger partial charge on any atom is -0.376 e. The molecule has 4 rings (SSSR count). The molecule has 0 bridgehead atoms. The van der Waals surface area contributed by atoms with Crippen molar-refractivity contribution in [3.8, 4) is 0 Å². The van der Waals surface area contributed by atoms with Crippen molar-refractivity contribution in [1.29, 1.82) is 0 Å². The summed E-state index contributed by atoms with van der Waals surface area (Å²) in [6.07, 6.45) is 2.22. The molecule has 2 unspecified atom stereocenters. The maximum atomic E-state index is 13.6. The van der Waals surface area contributed by atoms with Gasteiger partial charge in [-0.25, -0.2) is 0 Å². The highest BCUT2D eigenvalue weighted by Gasteiger charge is 2.32. The van der Waals surface area contributed by atoms with E-state index < -0.39 is 6.04 Å². The van der Waals surface area contributed by atoms with Crippen molar-refractivity contribution in [2.24, 2.45) is 0 Å². The first-order valence-electron chi connectivity index (χ1n) is 11.5. The van der Waals surface area contributed by atoms with Crippen LogP contribution in [0.25, 0.3) is 0 Å². The number of hydrogen-bond acceptors (Lipinski definition) is 3. The number of benzene rings is 3. The molecule has 170 valence electrons. The molecule has 0 spiro atoms. The molecule has 2 atom stereocenters. The summed E-state index contributed by atoms with van der Waals surface area (Å²) in [5.41, 5.74) is 2.69.